The molecule has 2 saturated heterocycles. The van der Waals surface area contributed by atoms with Gasteiger partial charge < -0.3 is 20.2 Å². The van der Waals surface area contributed by atoms with Crippen LogP contribution in [0, 0.1) is 12.3 Å². The lowest BCUT2D eigenvalue weighted by molar-refractivity contribution is -0.139. The van der Waals surface area contributed by atoms with Gasteiger partial charge in [0, 0.05) is 44.0 Å². The monoisotopic (exact) mass is 399 g/mol. The van der Waals surface area contributed by atoms with E-state index in [1.165, 1.54) is 6.92 Å². The molecule has 1 aromatic rings. The molecular weight excluding hydrogens is 366 g/mol. The minimum Gasteiger partial charge on any atom is -0.393 e. The summed E-state index contributed by atoms with van der Waals surface area (Å²) in [6.07, 6.45) is 6.22. The molecule has 158 valence electrons. The first-order valence-corrected chi connectivity index (χ1v) is 11.0. The lowest BCUT2D eigenvalue weighted by Gasteiger charge is -2.42. The minimum atomic E-state index is -0.267. The van der Waals surface area contributed by atoms with Crippen LogP contribution < -0.4 is 10.2 Å². The number of aliphatic hydroxyl groups excluding tert-OH is 1. The molecule has 0 bridgehead atoms. The number of nitrogens with one attached hydrogen (secondary N) is 1. The van der Waals surface area contributed by atoms with Gasteiger partial charge in [-0.25, -0.2) is 0 Å². The molecule has 3 fully saturated rings. The summed E-state index contributed by atoms with van der Waals surface area (Å²) in [6.45, 7) is 6.18. The Bertz CT molecular complexity index is 788. The second-order valence-corrected chi connectivity index (χ2v) is 9.20. The first kappa shape index (κ1) is 20.2. The number of piperidine rings is 1. The Morgan fingerprint density at radius 2 is 1.93 bits per heavy atom. The summed E-state index contributed by atoms with van der Waals surface area (Å²) in [5, 5.41) is 12.6. The zero-order valence-electron chi connectivity index (χ0n) is 17.6. The van der Waals surface area contributed by atoms with Crippen LogP contribution in [0.1, 0.15) is 57.4 Å². The van der Waals surface area contributed by atoms with E-state index in [-0.39, 0.29) is 17.4 Å². The molecule has 6 nitrogen and oxygen atoms in total. The average molecular weight is 400 g/mol. The van der Waals surface area contributed by atoms with Crippen molar-refractivity contribution in [2.24, 2.45) is 5.41 Å². The maximum Gasteiger partial charge on any atom is 0.230 e. The third kappa shape index (κ3) is 4.00. The fraction of sp³-hybridized carbons (Fsp3) is 0.652. The number of carbonyl (C=O) groups is 2. The van der Waals surface area contributed by atoms with Gasteiger partial charge in [-0.05, 0) is 75.6 Å². The first-order valence-electron chi connectivity index (χ1n) is 11.0. The number of aliphatic hydroxyl groups is 1. The summed E-state index contributed by atoms with van der Waals surface area (Å²) in [7, 11) is 0. The lowest BCUT2D eigenvalue weighted by atomic mass is 9.78. The van der Waals surface area contributed by atoms with Crippen molar-refractivity contribution in [3.8, 4) is 0 Å². The number of carbonyl (C=O) groups excluding carboxylic acids is 2. The maximum absolute atomic E-state index is 13.5. The number of rotatable bonds is 3. The van der Waals surface area contributed by atoms with E-state index in [1.807, 2.05) is 12.1 Å². The van der Waals surface area contributed by atoms with Crippen LogP contribution in [0.2, 0.25) is 0 Å². The normalized spacial score (nSPS) is 30.1. The number of benzene rings is 1. The second kappa shape index (κ2) is 7.98. The van der Waals surface area contributed by atoms with Gasteiger partial charge in [-0.15, -0.1) is 0 Å². The fourth-order valence-corrected chi connectivity index (χ4v) is 5.57. The van der Waals surface area contributed by atoms with Gasteiger partial charge in [0.05, 0.1) is 11.5 Å². The Morgan fingerprint density at radius 1 is 1.17 bits per heavy atom. The Kier molecular flexibility index (Phi) is 5.56. The van der Waals surface area contributed by atoms with Crippen molar-refractivity contribution in [1.82, 2.24) is 4.90 Å². The van der Waals surface area contributed by atoms with Gasteiger partial charge in [0.1, 0.15) is 0 Å². The molecule has 1 atom stereocenters. The highest BCUT2D eigenvalue weighted by atomic mass is 16.3. The Labute approximate surface area is 173 Å². The molecule has 2 N–H and O–H groups in total. The quantitative estimate of drug-likeness (QED) is 0.819. The highest BCUT2D eigenvalue weighted by molar-refractivity contribution is 5.89. The van der Waals surface area contributed by atoms with E-state index < -0.39 is 0 Å². The Hall–Kier alpha value is -2.08. The molecule has 3 aliphatic rings. The molecule has 4 rings (SSSR count). The van der Waals surface area contributed by atoms with Crippen LogP contribution in [0.3, 0.4) is 0 Å². The summed E-state index contributed by atoms with van der Waals surface area (Å²) in [5.41, 5.74) is 2.83. The number of amides is 2. The molecule has 2 aliphatic heterocycles. The van der Waals surface area contributed by atoms with E-state index in [9.17, 15) is 14.7 Å². The van der Waals surface area contributed by atoms with Crippen LogP contribution >= 0.6 is 0 Å². The van der Waals surface area contributed by atoms with Crippen molar-refractivity contribution >= 4 is 23.2 Å². The van der Waals surface area contributed by atoms with Crippen LogP contribution in [0.15, 0.2) is 18.2 Å². The van der Waals surface area contributed by atoms with Crippen LogP contribution in [-0.2, 0) is 9.59 Å². The molecule has 0 aromatic heterocycles. The summed E-state index contributed by atoms with van der Waals surface area (Å²) in [6, 6.07) is 6.33. The van der Waals surface area contributed by atoms with E-state index in [0.29, 0.717) is 11.9 Å². The minimum absolute atomic E-state index is 0.0686. The van der Waals surface area contributed by atoms with Crippen LogP contribution in [0.4, 0.5) is 11.4 Å². The number of aryl methyl sites for hydroxylation is 1. The summed E-state index contributed by atoms with van der Waals surface area (Å²) in [4.78, 5) is 29.3. The molecular formula is C23H33N3O3. The van der Waals surface area contributed by atoms with Gasteiger partial charge in [0.15, 0.2) is 0 Å². The molecule has 6 heteroatoms. The third-order valence-electron chi connectivity index (χ3n) is 7.09. The Morgan fingerprint density at radius 3 is 2.62 bits per heavy atom. The second-order valence-electron chi connectivity index (χ2n) is 9.20. The van der Waals surface area contributed by atoms with Crippen LogP contribution in [-0.4, -0.2) is 53.6 Å². The molecule has 1 spiro atoms. The van der Waals surface area contributed by atoms with Crippen LogP contribution in [0.5, 0.6) is 0 Å². The zero-order valence-corrected chi connectivity index (χ0v) is 17.6. The molecule has 0 unspecified atom stereocenters. The Balaban J connectivity index is 1.48. The standard InChI is InChI=1S/C23H33N3O3/c1-16-14-18(24-17(2)27)4-9-21(16)25-12-3-10-23(15-25)11-13-26(22(23)29)19-5-7-20(28)8-6-19/h4,9,14,19-20,28H,3,5-8,10-13,15H2,1-2H3,(H,24,27)/t19?,20?,23-/m0/s1. The van der Waals surface area contributed by atoms with Crippen molar-refractivity contribution in [2.75, 3.05) is 29.9 Å². The number of anilines is 2. The molecule has 0 radical (unpaired) electrons. The summed E-state index contributed by atoms with van der Waals surface area (Å²) in [5.74, 6) is 0.261. The topological polar surface area (TPSA) is 72.9 Å². The predicted octanol–water partition coefficient (Wildman–Crippen LogP) is 3.08. The molecule has 1 saturated carbocycles. The number of likely N-dealkylation sites (tertiary alicyclic amines) is 1. The molecule has 2 amide bonds. The predicted molar refractivity (Wildman–Crippen MR) is 114 cm³/mol. The van der Waals surface area contributed by atoms with Gasteiger partial charge in [-0.1, -0.05) is 0 Å². The van der Waals surface area contributed by atoms with Gasteiger partial charge >= 0.3 is 0 Å². The average Bonchev–Trinajstić information content (AvgIpc) is 2.98. The summed E-state index contributed by atoms with van der Waals surface area (Å²) >= 11 is 0. The number of hydrogen-bond donors (Lipinski definition) is 2. The highest BCUT2D eigenvalue weighted by Gasteiger charge is 2.50. The van der Waals surface area contributed by atoms with Gasteiger partial charge in [0.2, 0.25) is 11.8 Å². The summed E-state index contributed by atoms with van der Waals surface area (Å²) < 4.78 is 0. The van der Waals surface area contributed by atoms with Crippen molar-refractivity contribution in [1.29, 1.82) is 0 Å². The van der Waals surface area contributed by atoms with E-state index in [4.69, 9.17) is 0 Å². The van der Waals surface area contributed by atoms with E-state index in [2.05, 4.69) is 28.1 Å². The SMILES string of the molecule is CC(=O)Nc1ccc(N2CCC[C@]3(CCN(C4CCC(O)CC4)C3=O)C2)c(C)c1. The van der Waals surface area contributed by atoms with Crippen molar-refractivity contribution in [3.63, 3.8) is 0 Å². The van der Waals surface area contributed by atoms with E-state index >= 15 is 0 Å². The molecule has 2 heterocycles. The smallest absolute Gasteiger partial charge is 0.230 e. The third-order valence-corrected chi connectivity index (χ3v) is 7.09. The maximum atomic E-state index is 13.5. The van der Waals surface area contributed by atoms with E-state index in [0.717, 1.165) is 81.5 Å². The zero-order chi connectivity index (χ0) is 20.6. The lowest BCUT2D eigenvalue weighted by Crippen LogP contribution is -2.50. The molecule has 1 aliphatic carbocycles. The van der Waals surface area contributed by atoms with Gasteiger partial charge in [-0.2, -0.15) is 0 Å². The van der Waals surface area contributed by atoms with Crippen molar-refractivity contribution < 1.29 is 14.7 Å². The highest BCUT2D eigenvalue weighted by Crippen LogP contribution is 2.44. The van der Waals surface area contributed by atoms with Crippen LogP contribution in [0.25, 0.3) is 0 Å². The van der Waals surface area contributed by atoms with E-state index in [1.54, 1.807) is 0 Å². The largest absolute Gasteiger partial charge is 0.393 e. The van der Waals surface area contributed by atoms with Gasteiger partial charge in [0.25, 0.3) is 0 Å². The first-order chi connectivity index (χ1) is 13.9. The molecule has 29 heavy (non-hydrogen) atoms. The molecule has 1 aromatic carbocycles. The number of hydrogen-bond acceptors (Lipinski definition) is 4. The van der Waals surface area contributed by atoms with Crippen molar-refractivity contribution in [3.05, 3.63) is 23.8 Å². The number of nitrogens with zero attached hydrogens (tertiary/aromatic N) is 2. The van der Waals surface area contributed by atoms with Gasteiger partial charge in [-0.3, -0.25) is 9.59 Å². The fourth-order valence-electron chi connectivity index (χ4n) is 5.57. The van der Waals surface area contributed by atoms with Crippen molar-refractivity contribution in [2.45, 2.75) is 70.9 Å².